The van der Waals surface area contributed by atoms with Gasteiger partial charge in [0.2, 0.25) is 5.91 Å². The molecule has 4 rings (SSSR count). The third-order valence-corrected chi connectivity index (χ3v) is 9.54. The van der Waals surface area contributed by atoms with E-state index in [1.54, 1.807) is 18.2 Å². The standard InChI is InChI=1S/C30H38BrClN2O6/c1-5-8-9-10-15-39-29(38)22-23-27(36)34(19(7-3)17-35)26(30(23)16-20(31)25(22)40-30)28(37)33(14-6-2)24-18(4)12-11-13-21(24)32/h5-6,11-13,19-20,22-23,25-26,35H,1-2,7-10,14-17H2,3-4H3/t19-,20?,22-,23-,25-,26?,30?/m0/s1. The Morgan fingerprint density at radius 2 is 2.10 bits per heavy atom. The number of fused-ring (bicyclic) bond motifs is 1. The fourth-order valence-electron chi connectivity index (χ4n) is 6.62. The molecule has 2 bridgehead atoms. The van der Waals surface area contributed by atoms with Crippen molar-refractivity contribution < 1.29 is 29.0 Å². The zero-order chi connectivity index (χ0) is 29.2. The molecule has 218 valence electrons. The highest BCUT2D eigenvalue weighted by Gasteiger charge is 2.77. The van der Waals surface area contributed by atoms with Crippen molar-refractivity contribution in [2.24, 2.45) is 11.8 Å². The van der Waals surface area contributed by atoms with Gasteiger partial charge in [-0.15, -0.1) is 13.2 Å². The number of para-hydroxylation sites is 1. The van der Waals surface area contributed by atoms with E-state index in [9.17, 15) is 19.5 Å². The third kappa shape index (κ3) is 5.14. The second kappa shape index (κ2) is 12.8. The first-order chi connectivity index (χ1) is 19.2. The summed E-state index contributed by atoms with van der Waals surface area (Å²) in [6, 6.07) is 3.67. The lowest BCUT2D eigenvalue weighted by atomic mass is 9.70. The molecule has 7 atom stereocenters. The molecule has 3 fully saturated rings. The molecule has 0 saturated carbocycles. The normalized spacial score (nSPS) is 29.3. The van der Waals surface area contributed by atoms with Gasteiger partial charge in [0.25, 0.3) is 5.91 Å². The summed E-state index contributed by atoms with van der Waals surface area (Å²) in [4.78, 5) is 45.0. The number of aliphatic hydroxyl groups excluding tert-OH is 1. The molecule has 2 amide bonds. The van der Waals surface area contributed by atoms with Gasteiger partial charge in [0.15, 0.2) is 0 Å². The van der Waals surface area contributed by atoms with E-state index in [1.807, 2.05) is 26.0 Å². The fraction of sp³-hybridized carbons (Fsp3) is 0.567. The summed E-state index contributed by atoms with van der Waals surface area (Å²) in [6.45, 7) is 11.3. The molecule has 1 N–H and O–H groups in total. The lowest BCUT2D eigenvalue weighted by Crippen LogP contribution is -2.59. The van der Waals surface area contributed by atoms with E-state index in [1.165, 1.54) is 9.80 Å². The van der Waals surface area contributed by atoms with Crippen molar-refractivity contribution in [2.45, 2.75) is 74.6 Å². The van der Waals surface area contributed by atoms with Crippen LogP contribution in [0.2, 0.25) is 5.02 Å². The molecule has 0 aliphatic carbocycles. The summed E-state index contributed by atoms with van der Waals surface area (Å²) in [5, 5.41) is 10.7. The molecular weight excluding hydrogens is 600 g/mol. The van der Waals surface area contributed by atoms with Gasteiger partial charge in [0, 0.05) is 11.4 Å². The van der Waals surface area contributed by atoms with Crippen LogP contribution < -0.4 is 4.90 Å². The van der Waals surface area contributed by atoms with E-state index in [4.69, 9.17) is 21.1 Å². The third-order valence-electron chi connectivity index (χ3n) is 8.39. The molecule has 40 heavy (non-hydrogen) atoms. The van der Waals surface area contributed by atoms with Crippen molar-refractivity contribution in [3.8, 4) is 0 Å². The van der Waals surface area contributed by atoms with E-state index < -0.39 is 47.5 Å². The highest BCUT2D eigenvalue weighted by atomic mass is 79.9. The van der Waals surface area contributed by atoms with Gasteiger partial charge in [-0.25, -0.2) is 0 Å². The molecule has 10 heteroatoms. The number of hydrogen-bond donors (Lipinski definition) is 1. The molecule has 0 aromatic heterocycles. The van der Waals surface area contributed by atoms with E-state index in [2.05, 4.69) is 29.1 Å². The van der Waals surface area contributed by atoms with Crippen LogP contribution in [0.4, 0.5) is 5.69 Å². The molecule has 1 spiro atoms. The van der Waals surface area contributed by atoms with E-state index in [-0.39, 0.29) is 30.5 Å². The predicted octanol–water partition coefficient (Wildman–Crippen LogP) is 4.59. The van der Waals surface area contributed by atoms with Crippen molar-refractivity contribution >= 4 is 51.0 Å². The molecule has 3 aliphatic heterocycles. The van der Waals surface area contributed by atoms with Gasteiger partial charge < -0.3 is 24.4 Å². The summed E-state index contributed by atoms with van der Waals surface area (Å²) in [5.74, 6) is -3.03. The minimum Gasteiger partial charge on any atom is -0.465 e. The number of halogens is 2. The Kier molecular flexibility index (Phi) is 9.81. The summed E-state index contributed by atoms with van der Waals surface area (Å²) in [5.41, 5.74) is 0.0444. The maximum absolute atomic E-state index is 14.6. The molecule has 3 aliphatic rings. The number of allylic oxidation sites excluding steroid dienone is 1. The Balaban J connectivity index is 1.76. The monoisotopic (exact) mass is 636 g/mol. The van der Waals surface area contributed by atoms with Crippen LogP contribution in [0.5, 0.6) is 0 Å². The number of rotatable bonds is 13. The number of esters is 1. The lowest BCUT2D eigenvalue weighted by Gasteiger charge is -2.39. The van der Waals surface area contributed by atoms with Gasteiger partial charge in [0.05, 0.1) is 47.9 Å². The zero-order valence-electron chi connectivity index (χ0n) is 23.1. The number of aryl methyl sites for hydroxylation is 1. The second-order valence-corrected chi connectivity index (χ2v) is 12.3. The van der Waals surface area contributed by atoms with Gasteiger partial charge in [-0.05, 0) is 50.7 Å². The van der Waals surface area contributed by atoms with Gasteiger partial charge in [0.1, 0.15) is 11.6 Å². The van der Waals surface area contributed by atoms with Gasteiger partial charge >= 0.3 is 5.97 Å². The Hall–Kier alpha value is -2.20. The van der Waals surface area contributed by atoms with Crippen LogP contribution in [0, 0.1) is 18.8 Å². The number of unbranched alkanes of at least 4 members (excludes halogenated alkanes) is 2. The van der Waals surface area contributed by atoms with E-state index in [0.29, 0.717) is 30.0 Å². The van der Waals surface area contributed by atoms with Crippen molar-refractivity contribution in [3.63, 3.8) is 0 Å². The zero-order valence-corrected chi connectivity index (χ0v) is 25.4. The van der Waals surface area contributed by atoms with Crippen LogP contribution in [0.15, 0.2) is 43.5 Å². The number of carbonyl (C=O) groups excluding carboxylic acids is 3. The van der Waals surface area contributed by atoms with Crippen LogP contribution in [0.1, 0.15) is 44.6 Å². The number of alkyl halides is 1. The average Bonchev–Trinajstić information content (AvgIpc) is 3.52. The Morgan fingerprint density at radius 1 is 1.35 bits per heavy atom. The minimum absolute atomic E-state index is 0.149. The van der Waals surface area contributed by atoms with Crippen molar-refractivity contribution in [1.82, 2.24) is 4.90 Å². The first-order valence-electron chi connectivity index (χ1n) is 13.9. The molecule has 3 saturated heterocycles. The molecule has 3 heterocycles. The maximum atomic E-state index is 14.6. The SMILES string of the molecule is C=CCCCCOC(=O)[C@H]1[C@H]2C(=O)N([C@@H](CC)CO)C(C(=O)N(CC=C)c3c(C)cccc3Cl)C23CC(Br)[C@@H]1O3. The van der Waals surface area contributed by atoms with Gasteiger partial charge in [-0.1, -0.05) is 58.7 Å². The van der Waals surface area contributed by atoms with Gasteiger partial charge in [-0.2, -0.15) is 0 Å². The Labute approximate surface area is 249 Å². The first kappa shape index (κ1) is 30.8. The highest BCUT2D eigenvalue weighted by molar-refractivity contribution is 9.09. The van der Waals surface area contributed by atoms with Gasteiger partial charge in [-0.3, -0.25) is 14.4 Å². The van der Waals surface area contributed by atoms with Crippen LogP contribution in [0.3, 0.4) is 0 Å². The maximum Gasteiger partial charge on any atom is 0.312 e. The van der Waals surface area contributed by atoms with Crippen LogP contribution in [0.25, 0.3) is 0 Å². The molecular formula is C30H38BrClN2O6. The largest absolute Gasteiger partial charge is 0.465 e. The number of likely N-dealkylation sites (tertiary alicyclic amines) is 1. The minimum atomic E-state index is -1.27. The van der Waals surface area contributed by atoms with Crippen LogP contribution in [-0.2, 0) is 23.9 Å². The Morgan fingerprint density at radius 3 is 2.73 bits per heavy atom. The number of carbonyl (C=O) groups is 3. The quantitative estimate of drug-likeness (QED) is 0.147. The van der Waals surface area contributed by atoms with Crippen molar-refractivity contribution in [1.29, 1.82) is 0 Å². The Bertz CT molecular complexity index is 1140. The topological polar surface area (TPSA) is 96.4 Å². The highest BCUT2D eigenvalue weighted by Crippen LogP contribution is 2.61. The summed E-state index contributed by atoms with van der Waals surface area (Å²) in [6.07, 6.45) is 5.93. The molecule has 3 unspecified atom stereocenters. The average molecular weight is 638 g/mol. The number of benzene rings is 1. The number of amides is 2. The van der Waals surface area contributed by atoms with Crippen molar-refractivity contribution in [2.75, 3.05) is 24.7 Å². The fourth-order valence-corrected chi connectivity index (χ4v) is 7.88. The number of aliphatic hydroxyl groups is 1. The van der Waals surface area contributed by atoms with E-state index in [0.717, 1.165) is 18.4 Å². The molecule has 1 aromatic carbocycles. The molecule has 1 aromatic rings. The number of nitrogens with zero attached hydrogens (tertiary/aromatic N) is 2. The first-order valence-corrected chi connectivity index (χ1v) is 15.2. The lowest BCUT2D eigenvalue weighted by molar-refractivity contribution is -0.155. The summed E-state index contributed by atoms with van der Waals surface area (Å²) in [7, 11) is 0. The predicted molar refractivity (Wildman–Crippen MR) is 157 cm³/mol. The summed E-state index contributed by atoms with van der Waals surface area (Å²) >= 11 is 10.3. The molecule has 8 nitrogen and oxygen atoms in total. The smallest absolute Gasteiger partial charge is 0.312 e. The van der Waals surface area contributed by atoms with Crippen molar-refractivity contribution in [3.05, 3.63) is 54.1 Å². The van der Waals surface area contributed by atoms with Crippen LogP contribution >= 0.6 is 27.5 Å². The van der Waals surface area contributed by atoms with E-state index >= 15 is 0 Å². The molecule has 0 radical (unpaired) electrons. The number of hydrogen-bond acceptors (Lipinski definition) is 6. The summed E-state index contributed by atoms with van der Waals surface area (Å²) < 4.78 is 12.2. The number of anilines is 1. The number of ether oxygens (including phenoxy) is 2. The second-order valence-electron chi connectivity index (χ2n) is 10.7. The van der Waals surface area contributed by atoms with Crippen LogP contribution in [-0.4, -0.2) is 76.2 Å².